The van der Waals surface area contributed by atoms with Crippen LogP contribution >= 0.6 is 0 Å². The van der Waals surface area contributed by atoms with Crippen LogP contribution in [0, 0.1) is 0 Å². The van der Waals surface area contributed by atoms with Crippen molar-refractivity contribution in [3.8, 4) is 5.75 Å². The van der Waals surface area contributed by atoms with E-state index in [1.54, 1.807) is 12.1 Å². The molecule has 2 heteroatoms. The normalized spacial score (nSPS) is 9.80. The summed E-state index contributed by atoms with van der Waals surface area (Å²) in [5.41, 5.74) is 2.39. The number of phenols is 1. The number of rotatable bonds is 3. The van der Waals surface area contributed by atoms with Gasteiger partial charge in [0.15, 0.2) is 5.78 Å². The summed E-state index contributed by atoms with van der Waals surface area (Å²) < 4.78 is 0. The van der Waals surface area contributed by atoms with Crippen LogP contribution in [0.3, 0.4) is 0 Å². The van der Waals surface area contributed by atoms with E-state index >= 15 is 0 Å². The van der Waals surface area contributed by atoms with Crippen LogP contribution in [0.1, 0.15) is 36.7 Å². The fourth-order valence-electron chi connectivity index (χ4n) is 1.35. The van der Waals surface area contributed by atoms with Crippen molar-refractivity contribution in [3.63, 3.8) is 0 Å². The molecule has 0 saturated carbocycles. The molecular weight excluding hydrogens is 188 g/mol. The van der Waals surface area contributed by atoms with Crippen molar-refractivity contribution >= 4 is 5.78 Å². The average Bonchev–Trinajstić information content (AvgIpc) is 2.15. The Morgan fingerprint density at radius 3 is 2.53 bits per heavy atom. The Bertz CT molecular complexity index is 399. The third-order valence-corrected chi connectivity index (χ3v) is 2.23. The summed E-state index contributed by atoms with van der Waals surface area (Å²) >= 11 is 0. The standard InChI is InChI=1S/C13H16O2/c1-9(2)7-8-11-5-4-6-12(10(3)14)13(11)15/h4-7,15H,8H2,1-3H3. The van der Waals surface area contributed by atoms with Gasteiger partial charge in [0, 0.05) is 0 Å². The fourth-order valence-corrected chi connectivity index (χ4v) is 1.35. The van der Waals surface area contributed by atoms with Gasteiger partial charge in [-0.15, -0.1) is 0 Å². The highest BCUT2D eigenvalue weighted by Gasteiger charge is 2.09. The lowest BCUT2D eigenvalue weighted by atomic mass is 10.0. The molecule has 0 aliphatic rings. The number of phenolic OH excluding ortho intramolecular Hbond substituents is 1. The van der Waals surface area contributed by atoms with Crippen LogP contribution < -0.4 is 0 Å². The zero-order valence-electron chi connectivity index (χ0n) is 9.37. The molecule has 0 bridgehead atoms. The van der Waals surface area contributed by atoms with E-state index in [1.807, 2.05) is 26.0 Å². The van der Waals surface area contributed by atoms with Crippen molar-refractivity contribution in [3.05, 3.63) is 41.0 Å². The molecule has 1 aromatic rings. The molecule has 0 saturated heterocycles. The van der Waals surface area contributed by atoms with Crippen LogP contribution in [0.25, 0.3) is 0 Å². The van der Waals surface area contributed by atoms with Crippen LogP contribution in [-0.2, 0) is 6.42 Å². The Hall–Kier alpha value is -1.57. The van der Waals surface area contributed by atoms with Gasteiger partial charge in [-0.05, 0) is 38.8 Å². The molecule has 0 unspecified atom stereocenters. The predicted octanol–water partition coefficient (Wildman–Crippen LogP) is 3.10. The van der Waals surface area contributed by atoms with E-state index in [2.05, 4.69) is 0 Å². The van der Waals surface area contributed by atoms with Crippen molar-refractivity contribution in [2.45, 2.75) is 27.2 Å². The van der Waals surface area contributed by atoms with Crippen molar-refractivity contribution in [1.29, 1.82) is 0 Å². The Morgan fingerprint density at radius 2 is 2.00 bits per heavy atom. The molecule has 0 fully saturated rings. The number of hydrogen-bond acceptors (Lipinski definition) is 2. The predicted molar refractivity (Wildman–Crippen MR) is 61.2 cm³/mol. The minimum absolute atomic E-state index is 0.105. The number of ketones is 1. The van der Waals surface area contributed by atoms with Gasteiger partial charge in [-0.2, -0.15) is 0 Å². The number of para-hydroxylation sites is 1. The maximum absolute atomic E-state index is 11.2. The number of carbonyl (C=O) groups excluding carboxylic acids is 1. The van der Waals surface area contributed by atoms with Gasteiger partial charge in [0.05, 0.1) is 5.56 Å². The van der Waals surface area contributed by atoms with Crippen LogP contribution in [0.4, 0.5) is 0 Å². The fraction of sp³-hybridized carbons (Fsp3) is 0.308. The third-order valence-electron chi connectivity index (χ3n) is 2.23. The lowest BCUT2D eigenvalue weighted by molar-refractivity contribution is 0.101. The molecule has 1 N–H and O–H groups in total. The molecule has 15 heavy (non-hydrogen) atoms. The number of benzene rings is 1. The molecule has 1 aromatic carbocycles. The first-order valence-electron chi connectivity index (χ1n) is 4.97. The van der Waals surface area contributed by atoms with E-state index in [9.17, 15) is 9.90 Å². The van der Waals surface area contributed by atoms with E-state index in [1.165, 1.54) is 12.5 Å². The van der Waals surface area contributed by atoms with Gasteiger partial charge in [-0.25, -0.2) is 0 Å². The van der Waals surface area contributed by atoms with Crippen molar-refractivity contribution in [2.75, 3.05) is 0 Å². The van der Waals surface area contributed by atoms with E-state index in [4.69, 9.17) is 0 Å². The monoisotopic (exact) mass is 204 g/mol. The summed E-state index contributed by atoms with van der Waals surface area (Å²) in [6, 6.07) is 5.27. The Kier molecular flexibility index (Phi) is 3.67. The van der Waals surface area contributed by atoms with Gasteiger partial charge in [0.2, 0.25) is 0 Å². The molecule has 0 atom stereocenters. The van der Waals surface area contributed by atoms with Crippen molar-refractivity contribution in [1.82, 2.24) is 0 Å². The number of hydrogen-bond donors (Lipinski definition) is 1. The third kappa shape index (κ3) is 2.94. The lowest BCUT2D eigenvalue weighted by Crippen LogP contribution is -1.95. The second kappa shape index (κ2) is 4.78. The van der Waals surface area contributed by atoms with Gasteiger partial charge < -0.3 is 5.11 Å². The van der Waals surface area contributed by atoms with Gasteiger partial charge in [0.1, 0.15) is 5.75 Å². The molecule has 0 aliphatic heterocycles. The Labute approximate surface area is 90.3 Å². The molecule has 80 valence electrons. The highest BCUT2D eigenvalue weighted by Crippen LogP contribution is 2.23. The van der Waals surface area contributed by atoms with Crippen LogP contribution in [0.5, 0.6) is 5.75 Å². The smallest absolute Gasteiger partial charge is 0.163 e. The van der Waals surface area contributed by atoms with Crippen molar-refractivity contribution < 1.29 is 9.90 Å². The Morgan fingerprint density at radius 1 is 1.33 bits per heavy atom. The largest absolute Gasteiger partial charge is 0.507 e. The van der Waals surface area contributed by atoms with E-state index in [0.717, 1.165) is 5.56 Å². The molecule has 2 nitrogen and oxygen atoms in total. The summed E-state index contributed by atoms with van der Waals surface area (Å²) in [6.45, 7) is 5.47. The zero-order valence-corrected chi connectivity index (χ0v) is 9.37. The molecule has 0 aliphatic carbocycles. The second-order valence-electron chi connectivity index (χ2n) is 3.86. The summed E-state index contributed by atoms with van der Waals surface area (Å²) in [6.07, 6.45) is 2.69. The SMILES string of the molecule is CC(=O)c1cccc(CC=C(C)C)c1O. The number of Topliss-reactive ketones (excluding diaryl/α,β-unsaturated/α-hetero) is 1. The summed E-state index contributed by atoms with van der Waals surface area (Å²) in [5.74, 6) is 0.00838. The van der Waals surface area contributed by atoms with E-state index in [0.29, 0.717) is 12.0 Å². The van der Waals surface area contributed by atoms with Crippen LogP contribution in [-0.4, -0.2) is 10.9 Å². The minimum Gasteiger partial charge on any atom is -0.507 e. The Balaban J connectivity index is 3.05. The van der Waals surface area contributed by atoms with Gasteiger partial charge >= 0.3 is 0 Å². The first kappa shape index (κ1) is 11.5. The maximum Gasteiger partial charge on any atom is 0.163 e. The molecule has 1 rings (SSSR count). The van der Waals surface area contributed by atoms with Gasteiger partial charge in [0.25, 0.3) is 0 Å². The average molecular weight is 204 g/mol. The molecule has 0 radical (unpaired) electrons. The second-order valence-corrected chi connectivity index (χ2v) is 3.86. The number of aromatic hydroxyl groups is 1. The number of allylic oxidation sites excluding steroid dienone is 2. The van der Waals surface area contributed by atoms with Crippen LogP contribution in [0.15, 0.2) is 29.8 Å². The summed E-state index contributed by atoms with van der Waals surface area (Å²) in [5, 5.41) is 9.82. The highest BCUT2D eigenvalue weighted by molar-refractivity contribution is 5.97. The molecular formula is C13H16O2. The first-order valence-corrected chi connectivity index (χ1v) is 4.97. The quantitative estimate of drug-likeness (QED) is 0.606. The molecule has 0 amide bonds. The zero-order chi connectivity index (χ0) is 11.4. The van der Waals surface area contributed by atoms with Crippen molar-refractivity contribution in [2.24, 2.45) is 0 Å². The molecule has 0 aromatic heterocycles. The minimum atomic E-state index is -0.105. The summed E-state index contributed by atoms with van der Waals surface area (Å²) in [7, 11) is 0. The topological polar surface area (TPSA) is 37.3 Å². The van der Waals surface area contributed by atoms with Gasteiger partial charge in [-0.3, -0.25) is 4.79 Å². The first-order chi connectivity index (χ1) is 7.02. The number of carbonyl (C=O) groups is 1. The highest BCUT2D eigenvalue weighted by atomic mass is 16.3. The molecule has 0 heterocycles. The van der Waals surface area contributed by atoms with E-state index < -0.39 is 0 Å². The lowest BCUT2D eigenvalue weighted by Gasteiger charge is -2.05. The van der Waals surface area contributed by atoms with E-state index in [-0.39, 0.29) is 11.5 Å². The molecule has 0 spiro atoms. The van der Waals surface area contributed by atoms with Crippen LogP contribution in [0.2, 0.25) is 0 Å². The van der Waals surface area contributed by atoms with Gasteiger partial charge in [-0.1, -0.05) is 23.8 Å². The summed E-state index contributed by atoms with van der Waals surface area (Å²) in [4.78, 5) is 11.2. The maximum atomic E-state index is 11.2.